The summed E-state index contributed by atoms with van der Waals surface area (Å²) in [6, 6.07) is 0. The smallest absolute Gasteiger partial charge is 0.0331 e. The van der Waals surface area contributed by atoms with Gasteiger partial charge in [-0.25, -0.2) is 0 Å². The van der Waals surface area contributed by atoms with Crippen LogP contribution in [0.4, 0.5) is 0 Å². The molecule has 2 fully saturated rings. The van der Waals surface area contributed by atoms with Gasteiger partial charge in [-0.05, 0) is 51.1 Å². The van der Waals surface area contributed by atoms with Crippen molar-refractivity contribution in [2.75, 3.05) is 19.6 Å². The number of hydrogen-bond acceptors (Lipinski definition) is 2. The van der Waals surface area contributed by atoms with Gasteiger partial charge in [-0.2, -0.15) is 0 Å². The molecular formula is C14H28N2. The molecular weight excluding hydrogens is 196 g/mol. The number of nitrogens with zero attached hydrogens (tertiary/aromatic N) is 1. The molecule has 1 heterocycles. The van der Waals surface area contributed by atoms with Crippen molar-refractivity contribution in [1.82, 2.24) is 4.90 Å². The van der Waals surface area contributed by atoms with Gasteiger partial charge in [0.05, 0.1) is 0 Å². The molecule has 1 atom stereocenters. The second-order valence-corrected chi connectivity index (χ2v) is 5.83. The predicted molar refractivity (Wildman–Crippen MR) is 69.5 cm³/mol. The van der Waals surface area contributed by atoms with Crippen molar-refractivity contribution in [2.45, 2.75) is 63.8 Å². The zero-order chi connectivity index (χ0) is 11.4. The highest BCUT2D eigenvalue weighted by Gasteiger charge is 2.38. The third-order valence-electron chi connectivity index (χ3n) is 5.01. The number of likely N-dealkylation sites (tertiary alicyclic amines) is 1. The van der Waals surface area contributed by atoms with Crippen LogP contribution in [0.15, 0.2) is 0 Å². The minimum Gasteiger partial charge on any atom is -0.329 e. The van der Waals surface area contributed by atoms with E-state index in [0.29, 0.717) is 5.54 Å². The molecule has 0 spiro atoms. The molecule has 1 unspecified atom stereocenters. The summed E-state index contributed by atoms with van der Waals surface area (Å²) in [4.78, 5) is 2.75. The minimum atomic E-state index is 0.391. The van der Waals surface area contributed by atoms with E-state index in [9.17, 15) is 0 Å². The standard InChI is InChI=1S/C14H28N2/c1-2-13-6-5-10-16(11-7-13)14(12-15)8-3-4-9-14/h13H,2-12,15H2,1H3. The van der Waals surface area contributed by atoms with Crippen LogP contribution < -0.4 is 5.73 Å². The van der Waals surface area contributed by atoms with E-state index in [-0.39, 0.29) is 0 Å². The second-order valence-electron chi connectivity index (χ2n) is 5.83. The largest absolute Gasteiger partial charge is 0.329 e. The fraction of sp³-hybridized carbons (Fsp3) is 1.00. The molecule has 0 aromatic heterocycles. The lowest BCUT2D eigenvalue weighted by Gasteiger charge is -2.40. The van der Waals surface area contributed by atoms with Crippen molar-refractivity contribution in [3.05, 3.63) is 0 Å². The summed E-state index contributed by atoms with van der Waals surface area (Å²) in [5.41, 5.74) is 6.47. The molecule has 1 saturated heterocycles. The summed E-state index contributed by atoms with van der Waals surface area (Å²) in [6.07, 6.45) is 11.1. The number of rotatable bonds is 3. The zero-order valence-corrected chi connectivity index (χ0v) is 10.9. The summed E-state index contributed by atoms with van der Waals surface area (Å²) in [5, 5.41) is 0. The van der Waals surface area contributed by atoms with Crippen LogP contribution >= 0.6 is 0 Å². The van der Waals surface area contributed by atoms with Gasteiger partial charge < -0.3 is 5.73 Å². The molecule has 94 valence electrons. The Hall–Kier alpha value is -0.0800. The van der Waals surface area contributed by atoms with Crippen LogP contribution in [0.25, 0.3) is 0 Å². The average molecular weight is 224 g/mol. The van der Waals surface area contributed by atoms with Crippen LogP contribution in [0, 0.1) is 5.92 Å². The summed E-state index contributed by atoms with van der Waals surface area (Å²) >= 11 is 0. The van der Waals surface area contributed by atoms with E-state index in [1.807, 2.05) is 0 Å². The molecule has 0 bridgehead atoms. The Morgan fingerprint density at radius 2 is 1.88 bits per heavy atom. The first-order valence-electron chi connectivity index (χ1n) is 7.26. The van der Waals surface area contributed by atoms with E-state index in [1.165, 1.54) is 64.5 Å². The normalized spacial score (nSPS) is 31.5. The lowest BCUT2D eigenvalue weighted by atomic mass is 9.94. The predicted octanol–water partition coefficient (Wildman–Crippen LogP) is 2.77. The Morgan fingerprint density at radius 3 is 2.50 bits per heavy atom. The molecule has 0 radical (unpaired) electrons. The molecule has 2 heteroatoms. The first kappa shape index (κ1) is 12.4. The Bertz CT molecular complexity index is 209. The van der Waals surface area contributed by atoms with Crippen LogP contribution in [-0.4, -0.2) is 30.1 Å². The number of hydrogen-bond donors (Lipinski definition) is 1. The van der Waals surface area contributed by atoms with Crippen LogP contribution in [0.3, 0.4) is 0 Å². The minimum absolute atomic E-state index is 0.391. The summed E-state index contributed by atoms with van der Waals surface area (Å²) < 4.78 is 0. The van der Waals surface area contributed by atoms with Gasteiger partial charge in [0.1, 0.15) is 0 Å². The average Bonchev–Trinajstić information content (AvgIpc) is 2.68. The van der Waals surface area contributed by atoms with E-state index < -0.39 is 0 Å². The summed E-state index contributed by atoms with van der Waals surface area (Å²) in [7, 11) is 0. The molecule has 1 saturated carbocycles. The van der Waals surface area contributed by atoms with Crippen LogP contribution in [0.5, 0.6) is 0 Å². The van der Waals surface area contributed by atoms with Gasteiger partial charge in [0.15, 0.2) is 0 Å². The van der Waals surface area contributed by atoms with Crippen molar-refractivity contribution < 1.29 is 0 Å². The van der Waals surface area contributed by atoms with Gasteiger partial charge in [0, 0.05) is 12.1 Å². The van der Waals surface area contributed by atoms with E-state index in [4.69, 9.17) is 5.73 Å². The highest BCUT2D eigenvalue weighted by atomic mass is 15.2. The molecule has 2 nitrogen and oxygen atoms in total. The van der Waals surface area contributed by atoms with Crippen LogP contribution in [0.1, 0.15) is 58.3 Å². The highest BCUT2D eigenvalue weighted by Crippen LogP contribution is 2.36. The first-order chi connectivity index (χ1) is 7.80. The summed E-state index contributed by atoms with van der Waals surface area (Å²) in [5.74, 6) is 0.973. The Labute approximate surface area is 101 Å². The van der Waals surface area contributed by atoms with Crippen LogP contribution in [-0.2, 0) is 0 Å². The van der Waals surface area contributed by atoms with Crippen molar-refractivity contribution in [2.24, 2.45) is 11.7 Å². The third kappa shape index (κ3) is 2.43. The number of nitrogens with two attached hydrogens (primary N) is 1. The zero-order valence-electron chi connectivity index (χ0n) is 10.9. The van der Waals surface area contributed by atoms with E-state index in [1.54, 1.807) is 0 Å². The highest BCUT2D eigenvalue weighted by molar-refractivity contribution is 4.96. The van der Waals surface area contributed by atoms with Gasteiger partial charge in [-0.1, -0.05) is 26.2 Å². The van der Waals surface area contributed by atoms with Gasteiger partial charge in [-0.3, -0.25) is 4.90 Å². The summed E-state index contributed by atoms with van der Waals surface area (Å²) in [6.45, 7) is 5.82. The lowest BCUT2D eigenvalue weighted by Crippen LogP contribution is -2.52. The van der Waals surface area contributed by atoms with E-state index >= 15 is 0 Å². The second kappa shape index (κ2) is 5.50. The Kier molecular flexibility index (Phi) is 4.26. The van der Waals surface area contributed by atoms with Crippen molar-refractivity contribution in [3.63, 3.8) is 0 Å². The van der Waals surface area contributed by atoms with Crippen molar-refractivity contribution in [3.8, 4) is 0 Å². The molecule has 16 heavy (non-hydrogen) atoms. The fourth-order valence-electron chi connectivity index (χ4n) is 3.73. The Balaban J connectivity index is 1.97. The monoisotopic (exact) mass is 224 g/mol. The maximum Gasteiger partial charge on any atom is 0.0331 e. The first-order valence-corrected chi connectivity index (χ1v) is 7.26. The van der Waals surface area contributed by atoms with Crippen molar-refractivity contribution >= 4 is 0 Å². The Morgan fingerprint density at radius 1 is 1.12 bits per heavy atom. The van der Waals surface area contributed by atoms with Crippen molar-refractivity contribution in [1.29, 1.82) is 0 Å². The fourth-order valence-corrected chi connectivity index (χ4v) is 3.73. The van der Waals surface area contributed by atoms with Crippen LogP contribution in [0.2, 0.25) is 0 Å². The van der Waals surface area contributed by atoms with Gasteiger partial charge in [0.25, 0.3) is 0 Å². The lowest BCUT2D eigenvalue weighted by molar-refractivity contribution is 0.102. The SMILES string of the molecule is CCC1CCCN(C2(CN)CCCC2)CC1. The van der Waals surface area contributed by atoms with E-state index in [2.05, 4.69) is 11.8 Å². The molecule has 2 N–H and O–H groups in total. The molecule has 1 aliphatic carbocycles. The molecule has 0 aromatic carbocycles. The van der Waals surface area contributed by atoms with E-state index in [0.717, 1.165) is 12.5 Å². The maximum atomic E-state index is 6.08. The van der Waals surface area contributed by atoms with Gasteiger partial charge >= 0.3 is 0 Å². The van der Waals surface area contributed by atoms with Gasteiger partial charge in [-0.15, -0.1) is 0 Å². The molecule has 2 aliphatic rings. The maximum absolute atomic E-state index is 6.08. The molecule has 1 aliphatic heterocycles. The quantitative estimate of drug-likeness (QED) is 0.798. The third-order valence-corrected chi connectivity index (χ3v) is 5.01. The molecule has 0 aromatic rings. The molecule has 2 rings (SSSR count). The topological polar surface area (TPSA) is 29.3 Å². The van der Waals surface area contributed by atoms with Gasteiger partial charge in [0.2, 0.25) is 0 Å². The molecule has 0 amide bonds.